The number of carboxylic acid groups (broad SMARTS) is 1. The van der Waals surface area contributed by atoms with E-state index in [1.54, 1.807) is 41.7 Å². The number of likely N-dealkylation sites (tertiary alicyclic amines) is 2. The average Bonchev–Trinajstić information content (AvgIpc) is 4.11. The summed E-state index contributed by atoms with van der Waals surface area (Å²) < 4.78 is 0. The van der Waals surface area contributed by atoms with Gasteiger partial charge in [0, 0.05) is 32.5 Å². The van der Waals surface area contributed by atoms with Crippen molar-refractivity contribution in [1.82, 2.24) is 44.6 Å². The van der Waals surface area contributed by atoms with E-state index >= 15 is 0 Å². The Morgan fingerprint density at radius 1 is 0.695 bits per heavy atom. The normalized spacial score (nSPS) is 17.6. The topological polar surface area (TPSA) is 176 Å². The maximum Gasteiger partial charge on any atom is 0.407 e. The summed E-state index contributed by atoms with van der Waals surface area (Å²) in [5.74, 6) is 1.69. The van der Waals surface area contributed by atoms with Gasteiger partial charge in [0.15, 0.2) is 0 Å². The summed E-state index contributed by atoms with van der Waals surface area (Å²) in [7, 11) is 1.43. The lowest BCUT2D eigenvalue weighted by Gasteiger charge is -2.32. The van der Waals surface area contributed by atoms with Crippen molar-refractivity contribution in [3.63, 3.8) is 0 Å². The molecule has 3 aromatic carbocycles. The molecule has 302 valence electrons. The summed E-state index contributed by atoms with van der Waals surface area (Å²) in [4.78, 5) is 69.5. The van der Waals surface area contributed by atoms with Gasteiger partial charge in [-0.05, 0) is 65.5 Å². The molecule has 0 unspecified atom stereocenters. The molecule has 2 aliphatic rings. The van der Waals surface area contributed by atoms with Crippen LogP contribution in [0.25, 0.3) is 33.6 Å². The van der Waals surface area contributed by atoms with Gasteiger partial charge in [-0.15, -0.1) is 0 Å². The van der Waals surface area contributed by atoms with Gasteiger partial charge in [-0.2, -0.15) is 0 Å². The second-order valence-electron chi connectivity index (χ2n) is 15.5. The first-order chi connectivity index (χ1) is 28.7. The number of hydrogen-bond donors (Lipinski definition) is 4. The Morgan fingerprint density at radius 3 is 1.68 bits per heavy atom. The van der Waals surface area contributed by atoms with Gasteiger partial charge in [0.1, 0.15) is 23.7 Å². The van der Waals surface area contributed by atoms with Crippen molar-refractivity contribution in [2.45, 2.75) is 63.7 Å². The minimum Gasteiger partial charge on any atom is -0.465 e. The predicted octanol–water partition coefficient (Wildman–Crippen LogP) is 7.74. The highest BCUT2D eigenvalue weighted by Crippen LogP contribution is 2.37. The first-order valence-electron chi connectivity index (χ1n) is 20.1. The Kier molecular flexibility index (Phi) is 11.2. The number of nitrogens with one attached hydrogen (secondary N) is 3. The van der Waals surface area contributed by atoms with Gasteiger partial charge in [-0.1, -0.05) is 92.7 Å². The maximum atomic E-state index is 14.0. The standard InChI is InChI=1S/C45H48N10O4/c1-28(2)38(52-44-46-22-9-23-47-44)42(56)54-24-7-12-36(54)40-48-26-34(50-40)31-18-14-29(15-19-31)30-16-20-32(21-17-30)35-27-49-41(51-35)37-13-8-25-55(37)43(57)39(53(3)45(58)59)33-10-5-4-6-11-33/h4-6,9-11,14-23,26-28,36-39H,7-8,12-13,24-25H2,1-3H3,(H,48,50)(H,49,51)(H,58,59)(H,46,47,52)/t36-,37-,38+,39+/m0/s1. The predicted molar refractivity (Wildman–Crippen MR) is 224 cm³/mol. The Balaban J connectivity index is 0.925. The summed E-state index contributed by atoms with van der Waals surface area (Å²) in [5, 5.41) is 13.0. The van der Waals surface area contributed by atoms with E-state index in [0.717, 1.165) is 70.0 Å². The molecule has 0 bridgehead atoms. The lowest BCUT2D eigenvalue weighted by atomic mass is 10.0. The number of nitrogens with zero attached hydrogens (tertiary/aromatic N) is 7. The lowest BCUT2D eigenvalue weighted by molar-refractivity contribution is -0.137. The highest BCUT2D eigenvalue weighted by molar-refractivity contribution is 5.87. The zero-order valence-corrected chi connectivity index (χ0v) is 33.3. The van der Waals surface area contributed by atoms with Crippen LogP contribution in [-0.2, 0) is 9.59 Å². The number of anilines is 1. The summed E-state index contributed by atoms with van der Waals surface area (Å²) >= 11 is 0. The van der Waals surface area contributed by atoms with Crippen LogP contribution in [0.4, 0.5) is 10.7 Å². The molecule has 8 rings (SSSR count). The molecular weight excluding hydrogens is 745 g/mol. The number of hydrogen-bond acceptors (Lipinski definition) is 8. The fourth-order valence-electron chi connectivity index (χ4n) is 8.26. The van der Waals surface area contributed by atoms with Crippen molar-refractivity contribution in [3.8, 4) is 33.6 Å². The van der Waals surface area contributed by atoms with E-state index in [4.69, 9.17) is 9.97 Å². The van der Waals surface area contributed by atoms with Crippen molar-refractivity contribution >= 4 is 23.9 Å². The number of imidazole rings is 2. The van der Waals surface area contributed by atoms with Crippen molar-refractivity contribution in [2.75, 3.05) is 25.5 Å². The molecule has 2 aliphatic heterocycles. The first kappa shape index (κ1) is 39.0. The molecule has 5 heterocycles. The van der Waals surface area contributed by atoms with Crippen molar-refractivity contribution in [3.05, 3.63) is 127 Å². The van der Waals surface area contributed by atoms with Gasteiger partial charge in [0.05, 0.1) is 35.9 Å². The van der Waals surface area contributed by atoms with E-state index in [0.29, 0.717) is 30.4 Å². The third-order valence-corrected chi connectivity index (χ3v) is 11.4. The van der Waals surface area contributed by atoms with Gasteiger partial charge < -0.3 is 30.2 Å². The number of carbonyl (C=O) groups is 3. The molecule has 59 heavy (non-hydrogen) atoms. The molecule has 4 N–H and O–H groups in total. The van der Waals surface area contributed by atoms with Gasteiger partial charge in [-0.25, -0.2) is 24.7 Å². The van der Waals surface area contributed by atoms with Crippen LogP contribution >= 0.6 is 0 Å². The zero-order chi connectivity index (χ0) is 41.0. The average molecular weight is 793 g/mol. The molecule has 3 aromatic heterocycles. The smallest absolute Gasteiger partial charge is 0.407 e. The third kappa shape index (κ3) is 8.15. The molecule has 6 aromatic rings. The zero-order valence-electron chi connectivity index (χ0n) is 33.3. The fraction of sp³-hybridized carbons (Fsp3) is 0.311. The van der Waals surface area contributed by atoms with E-state index in [1.807, 2.05) is 55.3 Å². The number of aromatic nitrogens is 6. The summed E-state index contributed by atoms with van der Waals surface area (Å²) in [6.07, 6.45) is 9.04. The molecule has 14 nitrogen and oxygen atoms in total. The molecule has 0 saturated carbocycles. The molecule has 3 amide bonds. The highest BCUT2D eigenvalue weighted by atomic mass is 16.4. The molecule has 2 fully saturated rings. The lowest BCUT2D eigenvalue weighted by Crippen LogP contribution is -2.45. The SMILES string of the molecule is CC(C)[C@@H](Nc1ncccn1)C(=O)N1CCC[C@H]1c1ncc(-c2ccc(-c3ccc(-c4cnc([C@@H]5CCCN5C(=O)[C@@H](c5ccccc5)N(C)C(=O)O)[nH]4)cc3)cc2)[nH]1. The number of amides is 3. The van der Waals surface area contributed by atoms with Gasteiger partial charge in [0.2, 0.25) is 11.9 Å². The number of rotatable bonds is 12. The van der Waals surface area contributed by atoms with Crippen molar-refractivity contribution < 1.29 is 19.5 Å². The Hall–Kier alpha value is -6.83. The molecule has 2 saturated heterocycles. The van der Waals surface area contributed by atoms with Crippen LogP contribution in [0.2, 0.25) is 0 Å². The number of aromatic amines is 2. The number of carbonyl (C=O) groups excluding carboxylic acids is 2. The second kappa shape index (κ2) is 16.9. The summed E-state index contributed by atoms with van der Waals surface area (Å²) in [6.45, 7) is 5.23. The molecular formula is C45H48N10O4. The van der Waals surface area contributed by atoms with Crippen LogP contribution in [0.1, 0.15) is 74.9 Å². The quantitative estimate of drug-likeness (QED) is 0.0966. The van der Waals surface area contributed by atoms with Crippen molar-refractivity contribution in [2.24, 2.45) is 5.92 Å². The monoisotopic (exact) mass is 792 g/mol. The number of H-pyrrole nitrogens is 2. The summed E-state index contributed by atoms with van der Waals surface area (Å²) in [5.41, 5.74) is 6.43. The Bertz CT molecular complexity index is 2380. The van der Waals surface area contributed by atoms with Crippen LogP contribution in [0.3, 0.4) is 0 Å². The minimum atomic E-state index is -1.17. The van der Waals surface area contributed by atoms with Crippen LogP contribution in [-0.4, -0.2) is 93.8 Å². The van der Waals surface area contributed by atoms with Crippen molar-refractivity contribution in [1.29, 1.82) is 0 Å². The second-order valence-corrected chi connectivity index (χ2v) is 15.5. The van der Waals surface area contributed by atoms with E-state index in [1.165, 1.54) is 7.05 Å². The van der Waals surface area contributed by atoms with E-state index < -0.39 is 18.2 Å². The third-order valence-electron chi connectivity index (χ3n) is 11.4. The molecule has 4 atom stereocenters. The van der Waals surface area contributed by atoms with Crippen LogP contribution in [0.5, 0.6) is 0 Å². The Labute approximate surface area is 342 Å². The maximum absolute atomic E-state index is 14.0. The minimum absolute atomic E-state index is 0.0172. The van der Waals surface area contributed by atoms with Crippen LogP contribution in [0, 0.1) is 5.92 Å². The van der Waals surface area contributed by atoms with Gasteiger partial charge in [-0.3, -0.25) is 14.5 Å². The Morgan fingerprint density at radius 2 is 1.19 bits per heavy atom. The number of benzene rings is 3. The largest absolute Gasteiger partial charge is 0.465 e. The molecule has 0 spiro atoms. The van der Waals surface area contributed by atoms with E-state index in [9.17, 15) is 19.5 Å². The van der Waals surface area contributed by atoms with Crippen LogP contribution < -0.4 is 5.32 Å². The fourth-order valence-corrected chi connectivity index (χ4v) is 8.26. The van der Waals surface area contributed by atoms with E-state index in [-0.39, 0.29) is 29.8 Å². The highest BCUT2D eigenvalue weighted by Gasteiger charge is 2.40. The molecule has 0 aliphatic carbocycles. The van der Waals surface area contributed by atoms with Gasteiger partial charge in [0.25, 0.3) is 5.91 Å². The first-order valence-corrected chi connectivity index (χ1v) is 20.1. The molecule has 14 heteroatoms. The van der Waals surface area contributed by atoms with Crippen LogP contribution in [0.15, 0.2) is 110 Å². The summed E-state index contributed by atoms with van der Waals surface area (Å²) in [6, 6.07) is 25.5. The number of likely N-dealkylation sites (N-methyl/N-ethyl adjacent to an activating group) is 1. The van der Waals surface area contributed by atoms with E-state index in [2.05, 4.69) is 61.7 Å². The van der Waals surface area contributed by atoms with Gasteiger partial charge >= 0.3 is 6.09 Å². The molecule has 0 radical (unpaired) electrons.